The highest BCUT2D eigenvalue weighted by molar-refractivity contribution is 7.16. The number of ether oxygens (including phenoxy) is 4. The number of aromatic nitrogens is 3. The summed E-state index contributed by atoms with van der Waals surface area (Å²) in [7, 11) is 3.93. The standard InChI is InChI=1S/C36H45N7O5S/c1-20(29-25(44-3)8-12-42(29)2)47-34-24-15-43(21-16-46-17-21)18-35(11-13-45-19-35)30(24)39-33(40-34)28-22-6-4-9-36(31(22)48-41-28)10-5-7-26-27(36)23(14-37)32(38)49-26/h20-21,25,29H,4-13,15-19,38H2,1-3H3/t20-,25-,29+,35-,36-/m0/s1. The van der Waals surface area contributed by atoms with E-state index in [9.17, 15) is 5.26 Å². The van der Waals surface area contributed by atoms with Gasteiger partial charge in [-0.2, -0.15) is 10.2 Å². The van der Waals surface area contributed by atoms with Gasteiger partial charge in [0, 0.05) is 43.8 Å². The second-order valence-corrected chi connectivity index (χ2v) is 16.2. The predicted octanol–water partition coefficient (Wildman–Crippen LogP) is 3.96. The quantitative estimate of drug-likeness (QED) is 0.400. The number of hydrogen-bond donors (Lipinski definition) is 1. The van der Waals surface area contributed by atoms with Gasteiger partial charge in [0.2, 0.25) is 5.88 Å². The van der Waals surface area contributed by atoms with Gasteiger partial charge in [0.15, 0.2) is 17.3 Å². The molecular formula is C36H45N7O5S. The molecule has 7 heterocycles. The zero-order chi connectivity index (χ0) is 33.5. The molecule has 0 saturated carbocycles. The molecule has 2 aliphatic carbocycles. The minimum Gasteiger partial charge on any atom is -0.473 e. The van der Waals surface area contributed by atoms with Crippen molar-refractivity contribution in [1.29, 1.82) is 5.26 Å². The number of fused-ring (bicyclic) bond motifs is 6. The Balaban J connectivity index is 1.18. The molecule has 0 aromatic carbocycles. The van der Waals surface area contributed by atoms with E-state index >= 15 is 0 Å². The lowest BCUT2D eigenvalue weighted by Crippen LogP contribution is -2.56. The molecule has 3 aromatic rings. The lowest BCUT2D eigenvalue weighted by molar-refractivity contribution is -0.0792. The number of anilines is 1. The van der Waals surface area contributed by atoms with Crippen molar-refractivity contribution in [3.8, 4) is 23.5 Å². The summed E-state index contributed by atoms with van der Waals surface area (Å²) in [4.78, 5) is 16.7. The van der Waals surface area contributed by atoms with E-state index in [4.69, 9.17) is 44.3 Å². The lowest BCUT2D eigenvalue weighted by Gasteiger charge is -2.46. The third kappa shape index (κ3) is 4.82. The first-order valence-corrected chi connectivity index (χ1v) is 18.7. The van der Waals surface area contributed by atoms with Gasteiger partial charge in [-0.3, -0.25) is 9.80 Å². The fourth-order valence-corrected chi connectivity index (χ4v) is 11.1. The van der Waals surface area contributed by atoms with Crippen LogP contribution < -0.4 is 10.5 Å². The van der Waals surface area contributed by atoms with Crippen LogP contribution in [0.2, 0.25) is 0 Å². The summed E-state index contributed by atoms with van der Waals surface area (Å²) in [5.41, 5.74) is 11.2. The summed E-state index contributed by atoms with van der Waals surface area (Å²) in [6.07, 6.45) is 7.27. The minimum atomic E-state index is -0.415. The zero-order valence-electron chi connectivity index (χ0n) is 28.6. The first-order chi connectivity index (χ1) is 23.9. The van der Waals surface area contributed by atoms with Crippen molar-refractivity contribution in [2.45, 2.75) is 100.0 Å². The Morgan fingerprint density at radius 3 is 2.69 bits per heavy atom. The van der Waals surface area contributed by atoms with Crippen LogP contribution in [0.4, 0.5) is 5.00 Å². The molecule has 6 aliphatic rings. The van der Waals surface area contributed by atoms with Crippen molar-refractivity contribution in [2.24, 2.45) is 0 Å². The molecule has 5 atom stereocenters. The van der Waals surface area contributed by atoms with Gasteiger partial charge >= 0.3 is 0 Å². The first kappa shape index (κ1) is 31.8. The number of hydrogen-bond acceptors (Lipinski definition) is 13. The van der Waals surface area contributed by atoms with E-state index in [1.165, 1.54) is 4.88 Å². The topological polar surface area (TPSA) is 145 Å². The Morgan fingerprint density at radius 1 is 1.12 bits per heavy atom. The number of aryl methyl sites for hydroxylation is 1. The molecule has 0 radical (unpaired) electrons. The second kappa shape index (κ2) is 12.0. The van der Waals surface area contributed by atoms with E-state index < -0.39 is 5.41 Å². The molecule has 3 aromatic heterocycles. The fourth-order valence-electron chi connectivity index (χ4n) is 9.90. The smallest absolute Gasteiger partial charge is 0.222 e. The molecule has 0 amide bonds. The Hall–Kier alpha value is -3.12. The molecule has 260 valence electrons. The van der Waals surface area contributed by atoms with Gasteiger partial charge < -0.3 is 29.2 Å². The van der Waals surface area contributed by atoms with Crippen LogP contribution in [-0.2, 0) is 44.4 Å². The van der Waals surface area contributed by atoms with Crippen LogP contribution >= 0.6 is 11.3 Å². The normalized spacial score (nSPS) is 30.6. The number of likely N-dealkylation sites (tertiary alicyclic amines) is 1. The van der Waals surface area contributed by atoms with Crippen molar-refractivity contribution in [2.75, 3.05) is 59.4 Å². The molecule has 3 saturated heterocycles. The van der Waals surface area contributed by atoms with Gasteiger partial charge in [-0.25, -0.2) is 4.98 Å². The summed E-state index contributed by atoms with van der Waals surface area (Å²) in [6, 6.07) is 2.88. The maximum atomic E-state index is 10.2. The largest absolute Gasteiger partial charge is 0.473 e. The Bertz CT molecular complexity index is 1810. The summed E-state index contributed by atoms with van der Waals surface area (Å²) in [5, 5.41) is 15.6. The maximum Gasteiger partial charge on any atom is 0.222 e. The zero-order valence-corrected chi connectivity index (χ0v) is 29.4. The van der Waals surface area contributed by atoms with Crippen LogP contribution in [0, 0.1) is 11.3 Å². The third-order valence-corrected chi connectivity index (χ3v) is 13.5. The lowest BCUT2D eigenvalue weighted by atomic mass is 9.63. The van der Waals surface area contributed by atoms with Crippen LogP contribution in [0.15, 0.2) is 4.52 Å². The summed E-state index contributed by atoms with van der Waals surface area (Å²) < 4.78 is 31.0. The van der Waals surface area contributed by atoms with Crippen LogP contribution in [-0.4, -0.2) is 103 Å². The SMILES string of the molecule is CO[C@H]1CCN(C)[C@@H]1[C@H](C)Oc1nc(-c2noc3c2CCC[C@@]32CCCc3sc(N)c(C#N)c32)nc2c1CN(C1COC1)C[C@]21CCOC1. The highest BCUT2D eigenvalue weighted by Crippen LogP contribution is 2.55. The van der Waals surface area contributed by atoms with Crippen molar-refractivity contribution in [1.82, 2.24) is 24.9 Å². The number of nitrogens with two attached hydrogens (primary N) is 1. The van der Waals surface area contributed by atoms with Gasteiger partial charge in [-0.05, 0) is 70.9 Å². The predicted molar refractivity (Wildman–Crippen MR) is 182 cm³/mol. The minimum absolute atomic E-state index is 0.0823. The van der Waals surface area contributed by atoms with E-state index in [0.717, 1.165) is 106 Å². The molecule has 2 spiro atoms. The highest BCUT2D eigenvalue weighted by atomic mass is 32.1. The second-order valence-electron chi connectivity index (χ2n) is 15.1. The van der Waals surface area contributed by atoms with Crippen molar-refractivity contribution in [3.05, 3.63) is 38.6 Å². The number of methoxy groups -OCH3 is 1. The molecule has 12 nitrogen and oxygen atoms in total. The molecule has 0 bridgehead atoms. The summed E-state index contributed by atoms with van der Waals surface area (Å²) in [6.45, 7) is 7.40. The van der Waals surface area contributed by atoms with E-state index in [1.54, 1.807) is 18.4 Å². The fraction of sp³-hybridized carbons (Fsp3) is 0.667. The van der Waals surface area contributed by atoms with Crippen molar-refractivity contribution < 1.29 is 23.5 Å². The molecule has 0 unspecified atom stereocenters. The molecule has 9 rings (SSSR count). The number of rotatable bonds is 6. The van der Waals surface area contributed by atoms with E-state index in [0.29, 0.717) is 53.8 Å². The Kier molecular flexibility index (Phi) is 7.79. The van der Waals surface area contributed by atoms with Crippen LogP contribution in [0.5, 0.6) is 5.88 Å². The van der Waals surface area contributed by atoms with Crippen molar-refractivity contribution in [3.63, 3.8) is 0 Å². The number of nitrogen functional groups attached to an aromatic ring is 1. The maximum absolute atomic E-state index is 10.2. The van der Waals surface area contributed by atoms with Gasteiger partial charge in [-0.1, -0.05) is 5.16 Å². The number of thiophene rings is 1. The average Bonchev–Trinajstić information content (AvgIpc) is 3.86. The molecular weight excluding hydrogens is 643 g/mol. The van der Waals surface area contributed by atoms with Gasteiger partial charge in [-0.15, -0.1) is 11.3 Å². The molecule has 13 heteroatoms. The van der Waals surface area contributed by atoms with E-state index in [1.807, 2.05) is 0 Å². The third-order valence-electron chi connectivity index (χ3n) is 12.4. The average molecular weight is 688 g/mol. The molecule has 4 aliphatic heterocycles. The molecule has 49 heavy (non-hydrogen) atoms. The Morgan fingerprint density at radius 2 is 1.96 bits per heavy atom. The summed E-state index contributed by atoms with van der Waals surface area (Å²) in [5.74, 6) is 2.00. The van der Waals surface area contributed by atoms with Crippen LogP contribution in [0.1, 0.15) is 84.0 Å². The molecule has 2 N–H and O–H groups in total. The van der Waals surface area contributed by atoms with E-state index in [2.05, 4.69) is 29.8 Å². The van der Waals surface area contributed by atoms with E-state index in [-0.39, 0.29) is 23.7 Å². The van der Waals surface area contributed by atoms with Gasteiger partial charge in [0.05, 0.1) is 65.7 Å². The number of likely N-dealkylation sites (N-methyl/N-ethyl adjacent to an activating group) is 1. The highest BCUT2D eigenvalue weighted by Gasteiger charge is 2.51. The van der Waals surface area contributed by atoms with Crippen LogP contribution in [0.3, 0.4) is 0 Å². The van der Waals surface area contributed by atoms with Gasteiger partial charge in [0.25, 0.3) is 0 Å². The molecule has 3 fully saturated rings. The summed E-state index contributed by atoms with van der Waals surface area (Å²) >= 11 is 1.56. The van der Waals surface area contributed by atoms with Gasteiger partial charge in [0.1, 0.15) is 17.2 Å². The number of nitriles is 1. The number of nitrogens with zero attached hydrogens (tertiary/aromatic N) is 6. The van der Waals surface area contributed by atoms with Crippen molar-refractivity contribution >= 4 is 16.3 Å². The van der Waals surface area contributed by atoms with Crippen LogP contribution in [0.25, 0.3) is 11.5 Å². The monoisotopic (exact) mass is 687 g/mol. The first-order valence-electron chi connectivity index (χ1n) is 17.9. The Labute approximate surface area is 290 Å².